The summed E-state index contributed by atoms with van der Waals surface area (Å²) >= 11 is 0. The molecule has 0 aromatic heterocycles. The van der Waals surface area contributed by atoms with Crippen LogP contribution in [0.3, 0.4) is 0 Å². The molecule has 3 fully saturated rings. The van der Waals surface area contributed by atoms with Crippen molar-refractivity contribution in [2.75, 3.05) is 31.5 Å². The molecule has 3 aliphatic rings. The molecule has 2 unspecified atom stereocenters. The Bertz CT molecular complexity index is 629. The molecule has 2 saturated heterocycles. The van der Waals surface area contributed by atoms with Crippen molar-refractivity contribution < 1.29 is 9.59 Å². The van der Waals surface area contributed by atoms with Crippen molar-refractivity contribution in [1.82, 2.24) is 9.80 Å². The van der Waals surface area contributed by atoms with E-state index in [-0.39, 0.29) is 23.7 Å². The van der Waals surface area contributed by atoms with Crippen LogP contribution in [0, 0.1) is 11.8 Å². The first-order chi connectivity index (χ1) is 12.2. The highest BCUT2D eigenvalue weighted by Gasteiger charge is 2.38. The molecule has 0 bridgehead atoms. The van der Waals surface area contributed by atoms with E-state index in [4.69, 9.17) is 0 Å². The van der Waals surface area contributed by atoms with Gasteiger partial charge in [-0.2, -0.15) is 0 Å². The van der Waals surface area contributed by atoms with Crippen LogP contribution in [-0.4, -0.2) is 53.8 Å². The smallest absolute Gasteiger partial charge is 0.227 e. The molecule has 1 saturated carbocycles. The molecule has 4 rings (SSSR count). The van der Waals surface area contributed by atoms with Gasteiger partial charge in [0.15, 0.2) is 0 Å². The third-order valence-electron chi connectivity index (χ3n) is 5.65. The fourth-order valence-electron chi connectivity index (χ4n) is 4.07. The molecule has 1 N–H and O–H groups in total. The summed E-state index contributed by atoms with van der Waals surface area (Å²) < 4.78 is 0. The van der Waals surface area contributed by atoms with Crippen LogP contribution in [0.2, 0.25) is 0 Å². The zero-order valence-corrected chi connectivity index (χ0v) is 14.7. The number of amides is 2. The van der Waals surface area contributed by atoms with Crippen LogP contribution < -0.4 is 5.32 Å². The number of para-hydroxylation sites is 1. The van der Waals surface area contributed by atoms with Crippen LogP contribution in [0.25, 0.3) is 0 Å². The van der Waals surface area contributed by atoms with Crippen LogP contribution in [0.5, 0.6) is 0 Å². The van der Waals surface area contributed by atoms with E-state index < -0.39 is 0 Å². The zero-order valence-electron chi connectivity index (χ0n) is 14.7. The van der Waals surface area contributed by atoms with Crippen molar-refractivity contribution in [3.63, 3.8) is 0 Å². The summed E-state index contributed by atoms with van der Waals surface area (Å²) in [6.45, 7) is 3.04. The highest BCUT2D eigenvalue weighted by molar-refractivity contribution is 5.83. The third-order valence-corrected chi connectivity index (χ3v) is 5.65. The summed E-state index contributed by atoms with van der Waals surface area (Å²) in [5.74, 6) is 0.764. The summed E-state index contributed by atoms with van der Waals surface area (Å²) in [7, 11) is 0. The number of carbonyl (C=O) groups is 2. The second-order valence-electron chi connectivity index (χ2n) is 7.68. The number of rotatable bonds is 4. The van der Waals surface area contributed by atoms with Gasteiger partial charge >= 0.3 is 0 Å². The van der Waals surface area contributed by atoms with E-state index >= 15 is 0 Å². The van der Waals surface area contributed by atoms with E-state index in [0.717, 1.165) is 57.4 Å². The van der Waals surface area contributed by atoms with E-state index in [1.54, 1.807) is 0 Å². The summed E-state index contributed by atoms with van der Waals surface area (Å²) in [5, 5.41) is 3.52. The maximum atomic E-state index is 12.9. The van der Waals surface area contributed by atoms with Gasteiger partial charge in [0.1, 0.15) is 0 Å². The van der Waals surface area contributed by atoms with E-state index in [1.807, 2.05) is 28.0 Å². The molecule has 25 heavy (non-hydrogen) atoms. The molecule has 2 atom stereocenters. The Hall–Kier alpha value is -2.04. The number of nitrogens with zero attached hydrogens (tertiary/aromatic N) is 2. The van der Waals surface area contributed by atoms with Crippen molar-refractivity contribution in [2.45, 2.75) is 38.1 Å². The van der Waals surface area contributed by atoms with Crippen molar-refractivity contribution >= 4 is 17.5 Å². The Balaban J connectivity index is 1.31. The van der Waals surface area contributed by atoms with Crippen molar-refractivity contribution in [3.05, 3.63) is 30.3 Å². The van der Waals surface area contributed by atoms with Gasteiger partial charge in [0, 0.05) is 43.8 Å². The third kappa shape index (κ3) is 3.80. The van der Waals surface area contributed by atoms with E-state index in [0.29, 0.717) is 12.6 Å². The highest BCUT2D eigenvalue weighted by atomic mass is 16.2. The molecular formula is C20H27N3O2. The summed E-state index contributed by atoms with van der Waals surface area (Å²) in [6, 6.07) is 10.5. The first kappa shape index (κ1) is 16.4. The van der Waals surface area contributed by atoms with Crippen LogP contribution in [-0.2, 0) is 9.59 Å². The SMILES string of the molecule is O=C(C1CCCN(C(=O)C2CC2)C1)N1CCC(Nc2ccccc2)C1. The largest absolute Gasteiger partial charge is 0.380 e. The minimum atomic E-state index is -0.00748. The van der Waals surface area contributed by atoms with Gasteiger partial charge in [-0.1, -0.05) is 18.2 Å². The lowest BCUT2D eigenvalue weighted by molar-refractivity contribution is -0.140. The zero-order chi connectivity index (χ0) is 17.2. The molecule has 1 aliphatic carbocycles. The molecule has 2 amide bonds. The fourth-order valence-corrected chi connectivity index (χ4v) is 4.07. The van der Waals surface area contributed by atoms with Gasteiger partial charge in [0.2, 0.25) is 11.8 Å². The lowest BCUT2D eigenvalue weighted by Gasteiger charge is -2.34. The second kappa shape index (κ2) is 7.06. The molecule has 5 heteroatoms. The number of hydrogen-bond donors (Lipinski definition) is 1. The van der Waals surface area contributed by atoms with Crippen LogP contribution in [0.15, 0.2) is 30.3 Å². The van der Waals surface area contributed by atoms with Crippen LogP contribution in [0.4, 0.5) is 5.69 Å². The molecule has 2 heterocycles. The average molecular weight is 341 g/mol. The molecule has 1 aromatic rings. The van der Waals surface area contributed by atoms with Gasteiger partial charge in [-0.05, 0) is 44.2 Å². The quantitative estimate of drug-likeness (QED) is 0.915. The predicted octanol–water partition coefficient (Wildman–Crippen LogP) is 2.35. The molecular weight excluding hydrogens is 314 g/mol. The lowest BCUT2D eigenvalue weighted by Crippen LogP contribution is -2.47. The molecule has 134 valence electrons. The molecule has 5 nitrogen and oxygen atoms in total. The highest BCUT2D eigenvalue weighted by Crippen LogP contribution is 2.33. The van der Waals surface area contributed by atoms with Gasteiger partial charge in [-0.15, -0.1) is 0 Å². The summed E-state index contributed by atoms with van der Waals surface area (Å²) in [6.07, 6.45) is 4.92. The minimum Gasteiger partial charge on any atom is -0.380 e. The number of nitrogens with one attached hydrogen (secondary N) is 1. The van der Waals surface area contributed by atoms with Crippen molar-refractivity contribution in [3.8, 4) is 0 Å². The van der Waals surface area contributed by atoms with E-state index in [2.05, 4.69) is 17.4 Å². The standard InChI is InChI=1S/C20H27N3O2/c24-19(15-8-9-15)22-11-4-5-16(13-22)20(25)23-12-10-18(14-23)21-17-6-2-1-3-7-17/h1-3,6-7,15-16,18,21H,4-5,8-14H2. The maximum absolute atomic E-state index is 12.9. The summed E-state index contributed by atoms with van der Waals surface area (Å²) in [4.78, 5) is 29.1. The Kier molecular flexibility index (Phi) is 4.64. The number of anilines is 1. The minimum absolute atomic E-state index is 0.00748. The first-order valence-corrected chi connectivity index (χ1v) is 9.60. The van der Waals surface area contributed by atoms with Crippen molar-refractivity contribution in [1.29, 1.82) is 0 Å². The fraction of sp³-hybridized carbons (Fsp3) is 0.600. The van der Waals surface area contributed by atoms with E-state index in [1.165, 1.54) is 0 Å². The average Bonchev–Trinajstić information content (AvgIpc) is 3.41. The Labute approximate surface area is 149 Å². The number of carbonyl (C=O) groups excluding carboxylic acids is 2. The second-order valence-corrected chi connectivity index (χ2v) is 7.68. The van der Waals surface area contributed by atoms with Gasteiger partial charge in [0.25, 0.3) is 0 Å². The maximum Gasteiger partial charge on any atom is 0.227 e. The Morgan fingerprint density at radius 2 is 1.56 bits per heavy atom. The van der Waals surface area contributed by atoms with Gasteiger partial charge < -0.3 is 15.1 Å². The van der Waals surface area contributed by atoms with E-state index in [9.17, 15) is 9.59 Å². The van der Waals surface area contributed by atoms with Gasteiger partial charge in [0.05, 0.1) is 5.92 Å². The molecule has 0 radical (unpaired) electrons. The monoisotopic (exact) mass is 341 g/mol. The number of benzene rings is 1. The van der Waals surface area contributed by atoms with Gasteiger partial charge in [-0.25, -0.2) is 0 Å². The normalized spacial score (nSPS) is 26.6. The van der Waals surface area contributed by atoms with Crippen LogP contribution in [0.1, 0.15) is 32.1 Å². The van der Waals surface area contributed by atoms with Crippen molar-refractivity contribution in [2.24, 2.45) is 11.8 Å². The Morgan fingerprint density at radius 3 is 2.32 bits per heavy atom. The predicted molar refractivity (Wildman–Crippen MR) is 97.1 cm³/mol. The number of piperidine rings is 1. The molecule has 1 aromatic carbocycles. The summed E-state index contributed by atoms with van der Waals surface area (Å²) in [5.41, 5.74) is 1.11. The Morgan fingerprint density at radius 1 is 0.840 bits per heavy atom. The van der Waals surface area contributed by atoms with Crippen LogP contribution >= 0.6 is 0 Å². The van der Waals surface area contributed by atoms with Gasteiger partial charge in [-0.3, -0.25) is 9.59 Å². The topological polar surface area (TPSA) is 52.7 Å². The molecule has 0 spiro atoms. The lowest BCUT2D eigenvalue weighted by atomic mass is 9.96. The number of likely N-dealkylation sites (tertiary alicyclic amines) is 2. The first-order valence-electron chi connectivity index (χ1n) is 9.60. The molecule has 2 aliphatic heterocycles. The number of hydrogen-bond acceptors (Lipinski definition) is 3.